The summed E-state index contributed by atoms with van der Waals surface area (Å²) in [4.78, 5) is 24.1. The topological polar surface area (TPSA) is 86.6 Å². The number of aryl methyl sites for hydroxylation is 1. The molecule has 4 aliphatic rings. The van der Waals surface area contributed by atoms with Crippen LogP contribution in [0.1, 0.15) is 75.5 Å². The first kappa shape index (κ1) is 22.1. The van der Waals surface area contributed by atoms with E-state index >= 15 is 0 Å². The minimum Gasteiger partial charge on any atom is -0.481 e. The Morgan fingerprint density at radius 2 is 1.84 bits per heavy atom. The van der Waals surface area contributed by atoms with Crippen LogP contribution >= 0.6 is 0 Å². The van der Waals surface area contributed by atoms with Crippen LogP contribution in [0.25, 0.3) is 6.08 Å². The van der Waals surface area contributed by atoms with Crippen molar-refractivity contribution in [3.8, 4) is 0 Å². The lowest BCUT2D eigenvalue weighted by atomic mass is 9.52. The van der Waals surface area contributed by atoms with Gasteiger partial charge in [0, 0.05) is 12.5 Å². The van der Waals surface area contributed by atoms with Crippen LogP contribution in [0.2, 0.25) is 0 Å². The van der Waals surface area contributed by atoms with Crippen molar-refractivity contribution in [2.75, 3.05) is 0 Å². The van der Waals surface area contributed by atoms with Gasteiger partial charge in [-0.05, 0) is 88.2 Å². The zero-order valence-corrected chi connectivity index (χ0v) is 18.9. The molecular weight excluding hydrogens is 390 g/mol. The molecule has 3 unspecified atom stereocenters. The number of allylic oxidation sites excluding steroid dienone is 1. The van der Waals surface area contributed by atoms with Crippen LogP contribution in [0, 0.1) is 24.7 Å². The third-order valence-electron chi connectivity index (χ3n) is 7.76. The lowest BCUT2D eigenvalue weighted by molar-refractivity contribution is -0.148. The van der Waals surface area contributed by atoms with Gasteiger partial charge in [-0.25, -0.2) is 0 Å². The minimum absolute atomic E-state index is 0.0448. The summed E-state index contributed by atoms with van der Waals surface area (Å²) in [6.45, 7) is 5.96. The molecule has 4 bridgehead atoms. The standard InChI is InChI=1S/C26H35NO4/c1-16-8-17(6-4-5-7-22(28)29)12-21(9-16)25(2,3)24(30)27-23-19-10-18-11-20(23)15-26(31,13-18)14-19/h4,6,8-9,12,18-20,23,31H,5,7,10-11,13-15H2,1-3H3,(H,27,30)(H,28,29)/t18?,19-,20+,23?,26?. The molecule has 0 aromatic heterocycles. The van der Waals surface area contributed by atoms with Crippen LogP contribution < -0.4 is 5.32 Å². The van der Waals surface area contributed by atoms with Gasteiger partial charge in [0.15, 0.2) is 0 Å². The quantitative estimate of drug-likeness (QED) is 0.611. The number of hydrogen-bond acceptors (Lipinski definition) is 3. The van der Waals surface area contributed by atoms with Crippen molar-refractivity contribution in [1.29, 1.82) is 0 Å². The smallest absolute Gasteiger partial charge is 0.303 e. The van der Waals surface area contributed by atoms with Crippen molar-refractivity contribution in [1.82, 2.24) is 5.32 Å². The third kappa shape index (κ3) is 4.57. The second-order valence-electron chi connectivity index (χ2n) is 10.8. The van der Waals surface area contributed by atoms with E-state index in [0.717, 1.165) is 48.8 Å². The van der Waals surface area contributed by atoms with E-state index in [1.807, 2.05) is 45.1 Å². The number of carbonyl (C=O) groups is 2. The Hall–Kier alpha value is -2.14. The highest BCUT2D eigenvalue weighted by molar-refractivity contribution is 5.88. The van der Waals surface area contributed by atoms with Gasteiger partial charge >= 0.3 is 5.97 Å². The maximum atomic E-state index is 13.4. The van der Waals surface area contributed by atoms with E-state index in [-0.39, 0.29) is 18.4 Å². The average molecular weight is 426 g/mol. The van der Waals surface area contributed by atoms with Crippen LogP contribution in [0.5, 0.6) is 0 Å². The Bertz CT molecular complexity index is 887. The maximum absolute atomic E-state index is 13.4. The number of aliphatic hydroxyl groups is 1. The van der Waals surface area contributed by atoms with Crippen LogP contribution in [0.3, 0.4) is 0 Å². The number of hydrogen-bond donors (Lipinski definition) is 3. The largest absolute Gasteiger partial charge is 0.481 e. The Balaban J connectivity index is 1.48. The first-order valence-corrected chi connectivity index (χ1v) is 11.6. The molecule has 4 aliphatic carbocycles. The Kier molecular flexibility index (Phi) is 5.76. The van der Waals surface area contributed by atoms with Gasteiger partial charge in [0.1, 0.15) is 0 Å². The molecule has 1 aromatic rings. The molecule has 4 fully saturated rings. The summed E-state index contributed by atoms with van der Waals surface area (Å²) < 4.78 is 0. The molecule has 0 heterocycles. The molecule has 1 amide bonds. The van der Waals surface area contributed by atoms with E-state index in [1.54, 1.807) is 0 Å². The molecule has 5 rings (SSSR count). The van der Waals surface area contributed by atoms with Crippen molar-refractivity contribution in [2.45, 2.75) is 82.8 Å². The van der Waals surface area contributed by atoms with Gasteiger partial charge in [0.2, 0.25) is 5.91 Å². The van der Waals surface area contributed by atoms with Crippen LogP contribution in [0.4, 0.5) is 0 Å². The summed E-state index contributed by atoms with van der Waals surface area (Å²) in [5.74, 6) is 0.644. The van der Waals surface area contributed by atoms with Crippen LogP contribution in [-0.4, -0.2) is 33.7 Å². The number of carboxylic acid groups (broad SMARTS) is 1. The first-order chi connectivity index (χ1) is 14.6. The molecule has 5 atom stereocenters. The van der Waals surface area contributed by atoms with Crippen molar-refractivity contribution in [3.63, 3.8) is 0 Å². The number of nitrogens with one attached hydrogen (secondary N) is 1. The first-order valence-electron chi connectivity index (χ1n) is 11.6. The van der Waals surface area contributed by atoms with Gasteiger partial charge < -0.3 is 15.5 Å². The summed E-state index contributed by atoms with van der Waals surface area (Å²) in [5.41, 5.74) is 1.85. The fraction of sp³-hybridized carbons (Fsp3) is 0.615. The second kappa shape index (κ2) is 8.09. The average Bonchev–Trinajstić information content (AvgIpc) is 2.66. The highest BCUT2D eigenvalue weighted by Gasteiger charge is 2.55. The van der Waals surface area contributed by atoms with Gasteiger partial charge in [0.25, 0.3) is 0 Å². The molecule has 5 heteroatoms. The number of carbonyl (C=O) groups excluding carboxylic acids is 1. The Labute approximate surface area is 184 Å². The summed E-state index contributed by atoms with van der Waals surface area (Å²) in [6.07, 6.45) is 9.24. The fourth-order valence-corrected chi connectivity index (χ4v) is 6.38. The molecular formula is C26H35NO4. The molecule has 5 nitrogen and oxygen atoms in total. The zero-order valence-electron chi connectivity index (χ0n) is 18.9. The van der Waals surface area contributed by atoms with E-state index in [1.165, 1.54) is 0 Å². The van der Waals surface area contributed by atoms with E-state index in [9.17, 15) is 14.7 Å². The van der Waals surface area contributed by atoms with Gasteiger partial charge in [0.05, 0.1) is 11.0 Å². The summed E-state index contributed by atoms with van der Waals surface area (Å²) in [5, 5.41) is 23.0. The second-order valence-corrected chi connectivity index (χ2v) is 10.8. The van der Waals surface area contributed by atoms with E-state index in [4.69, 9.17) is 5.11 Å². The summed E-state index contributed by atoms with van der Waals surface area (Å²) in [7, 11) is 0. The zero-order chi connectivity index (χ0) is 22.4. The van der Waals surface area contributed by atoms with Gasteiger partial charge in [-0.15, -0.1) is 0 Å². The molecule has 0 saturated heterocycles. The summed E-state index contributed by atoms with van der Waals surface area (Å²) in [6, 6.07) is 6.31. The van der Waals surface area contributed by atoms with Gasteiger partial charge in [-0.1, -0.05) is 35.9 Å². The maximum Gasteiger partial charge on any atom is 0.303 e. The minimum atomic E-state index is -0.802. The molecule has 0 spiro atoms. The van der Waals surface area contributed by atoms with Crippen molar-refractivity contribution in [3.05, 3.63) is 41.0 Å². The highest BCUT2D eigenvalue weighted by atomic mass is 16.4. The van der Waals surface area contributed by atoms with E-state index < -0.39 is 17.0 Å². The number of aliphatic carboxylic acids is 1. The molecule has 0 aliphatic heterocycles. The lowest BCUT2D eigenvalue weighted by Crippen LogP contribution is -2.62. The molecule has 4 saturated carbocycles. The predicted molar refractivity (Wildman–Crippen MR) is 121 cm³/mol. The van der Waals surface area contributed by atoms with Crippen LogP contribution in [-0.2, 0) is 15.0 Å². The van der Waals surface area contributed by atoms with E-state index in [2.05, 4.69) is 11.4 Å². The van der Waals surface area contributed by atoms with Crippen molar-refractivity contribution < 1.29 is 19.8 Å². The van der Waals surface area contributed by atoms with Crippen LogP contribution in [0.15, 0.2) is 24.3 Å². The van der Waals surface area contributed by atoms with Gasteiger partial charge in [-0.2, -0.15) is 0 Å². The number of rotatable bonds is 7. The summed E-state index contributed by atoms with van der Waals surface area (Å²) >= 11 is 0. The lowest BCUT2D eigenvalue weighted by Gasteiger charge is -2.58. The van der Waals surface area contributed by atoms with Gasteiger partial charge in [-0.3, -0.25) is 9.59 Å². The van der Waals surface area contributed by atoms with Crippen molar-refractivity contribution in [2.24, 2.45) is 17.8 Å². The highest BCUT2D eigenvalue weighted by Crippen LogP contribution is 2.55. The SMILES string of the molecule is Cc1cc(C=CCCC(=O)O)cc(C(C)(C)C(=O)NC2[C@@H]3CC4C[C@H]2CC(O)(C4)C3)c1. The normalized spacial score (nSPS) is 31.9. The predicted octanol–water partition coefficient (Wildman–Crippen LogP) is 4.21. The molecule has 168 valence electrons. The number of carboxylic acids is 1. The third-order valence-corrected chi connectivity index (χ3v) is 7.76. The molecule has 0 radical (unpaired) electrons. The monoisotopic (exact) mass is 425 g/mol. The van der Waals surface area contributed by atoms with Crippen molar-refractivity contribution >= 4 is 18.0 Å². The molecule has 3 N–H and O–H groups in total. The van der Waals surface area contributed by atoms with E-state index in [0.29, 0.717) is 24.2 Å². The molecule has 1 aromatic carbocycles. The number of amides is 1. The fourth-order valence-electron chi connectivity index (χ4n) is 6.38. The molecule has 31 heavy (non-hydrogen) atoms. The Morgan fingerprint density at radius 1 is 1.16 bits per heavy atom. The Morgan fingerprint density at radius 3 is 2.45 bits per heavy atom. The number of benzene rings is 1.